The molecular weight excluding hydrogens is 588 g/mol. The van der Waals surface area contributed by atoms with Crippen molar-refractivity contribution < 1.29 is 21.9 Å². The number of piperazine rings is 1. The van der Waals surface area contributed by atoms with Gasteiger partial charge in [-0.1, -0.05) is 18.2 Å². The Balaban J connectivity index is 1.15. The number of pyridine rings is 1. The van der Waals surface area contributed by atoms with Gasteiger partial charge >= 0.3 is 0 Å². The van der Waals surface area contributed by atoms with Gasteiger partial charge < -0.3 is 9.64 Å². The minimum Gasteiger partial charge on any atom is -0.489 e. The number of hydrogen-bond donors (Lipinski definition) is 1. The molecule has 2 saturated heterocycles. The lowest BCUT2D eigenvalue weighted by atomic mass is 10.0. The van der Waals surface area contributed by atoms with E-state index >= 15 is 0 Å². The minimum absolute atomic E-state index is 0.177. The largest absolute Gasteiger partial charge is 0.489 e. The Bertz CT molecular complexity index is 1690. The fraction of sp³-hybridized carbons (Fsp3) is 0.387. The number of alkyl halides is 2. The molecule has 3 aliphatic heterocycles. The summed E-state index contributed by atoms with van der Waals surface area (Å²) in [6, 6.07) is 17.8. The maximum atomic E-state index is 12.7. The molecular formula is C31H33F2N7O3S. The molecule has 3 aromatic rings. The SMILES string of the molecule is N#Cc1cc(-c2ccnc3c2N=C(c2ccc(N4CCN(CC(F)F)CC4)cc2)C3)ccc1OC1CCN(S(N)(=O)=O)CC1. The maximum Gasteiger partial charge on any atom is 0.276 e. The molecule has 230 valence electrons. The van der Waals surface area contributed by atoms with E-state index < -0.39 is 16.6 Å². The molecule has 10 nitrogen and oxygen atoms in total. The number of halogens is 2. The molecule has 2 aromatic carbocycles. The van der Waals surface area contributed by atoms with Gasteiger partial charge in [-0.3, -0.25) is 9.88 Å². The molecule has 0 spiro atoms. The summed E-state index contributed by atoms with van der Waals surface area (Å²) in [5, 5.41) is 15.1. The Kier molecular flexibility index (Phi) is 8.59. The first-order chi connectivity index (χ1) is 21.2. The van der Waals surface area contributed by atoms with E-state index in [0.29, 0.717) is 56.8 Å². The number of fused-ring (bicyclic) bond motifs is 1. The summed E-state index contributed by atoms with van der Waals surface area (Å²) in [6.07, 6.45) is 0.770. The summed E-state index contributed by atoms with van der Waals surface area (Å²) < 4.78 is 56.0. The van der Waals surface area contributed by atoms with E-state index in [-0.39, 0.29) is 25.7 Å². The van der Waals surface area contributed by atoms with Crippen molar-refractivity contribution in [1.82, 2.24) is 14.2 Å². The average molecular weight is 622 g/mol. The van der Waals surface area contributed by atoms with Crippen LogP contribution in [0.3, 0.4) is 0 Å². The van der Waals surface area contributed by atoms with Crippen LogP contribution in [0.5, 0.6) is 5.75 Å². The van der Waals surface area contributed by atoms with Crippen LogP contribution in [-0.2, 0) is 16.6 Å². The van der Waals surface area contributed by atoms with E-state index in [1.165, 1.54) is 4.31 Å². The first kappa shape index (κ1) is 30.1. The van der Waals surface area contributed by atoms with Gasteiger partial charge in [-0.25, -0.2) is 18.9 Å². The molecule has 6 rings (SSSR count). The third-order valence-corrected chi connectivity index (χ3v) is 9.47. The number of benzene rings is 2. The van der Waals surface area contributed by atoms with Crippen LogP contribution >= 0.6 is 0 Å². The number of nitrogens with two attached hydrogens (primary N) is 1. The van der Waals surface area contributed by atoms with Gasteiger partial charge in [-0.15, -0.1) is 0 Å². The molecule has 0 radical (unpaired) electrons. The van der Waals surface area contributed by atoms with E-state index in [1.807, 2.05) is 24.3 Å². The molecule has 0 unspecified atom stereocenters. The van der Waals surface area contributed by atoms with Crippen LogP contribution in [0.2, 0.25) is 0 Å². The summed E-state index contributed by atoms with van der Waals surface area (Å²) >= 11 is 0. The van der Waals surface area contributed by atoms with Crippen molar-refractivity contribution in [2.45, 2.75) is 31.8 Å². The van der Waals surface area contributed by atoms with E-state index in [4.69, 9.17) is 14.9 Å². The van der Waals surface area contributed by atoms with Gasteiger partial charge in [-0.05, 0) is 54.3 Å². The van der Waals surface area contributed by atoms with Gasteiger partial charge in [0.25, 0.3) is 16.6 Å². The van der Waals surface area contributed by atoms with Crippen molar-refractivity contribution >= 4 is 27.3 Å². The van der Waals surface area contributed by atoms with Gasteiger partial charge in [0.15, 0.2) is 0 Å². The number of aromatic nitrogens is 1. The Hall–Kier alpha value is -3.96. The number of nitrogens with zero attached hydrogens (tertiary/aromatic N) is 6. The topological polar surface area (TPSA) is 128 Å². The van der Waals surface area contributed by atoms with Gasteiger partial charge in [0.2, 0.25) is 0 Å². The van der Waals surface area contributed by atoms with Crippen LogP contribution in [0.15, 0.2) is 59.7 Å². The summed E-state index contributed by atoms with van der Waals surface area (Å²) in [6.45, 7) is 3.01. The van der Waals surface area contributed by atoms with Gasteiger partial charge in [0.05, 0.1) is 29.2 Å². The Morgan fingerprint density at radius 1 is 1.00 bits per heavy atom. The quantitative estimate of drug-likeness (QED) is 0.406. The van der Waals surface area contributed by atoms with Gasteiger partial charge in [0, 0.05) is 63.1 Å². The lowest BCUT2D eigenvalue weighted by Gasteiger charge is -2.36. The van der Waals surface area contributed by atoms with Crippen LogP contribution in [0.4, 0.5) is 20.2 Å². The molecule has 2 fully saturated rings. The Morgan fingerprint density at radius 3 is 2.36 bits per heavy atom. The number of anilines is 1. The second-order valence-corrected chi connectivity index (χ2v) is 12.7. The molecule has 0 amide bonds. The molecule has 0 saturated carbocycles. The first-order valence-corrected chi connectivity index (χ1v) is 16.1. The number of hydrogen-bond acceptors (Lipinski definition) is 8. The number of nitriles is 1. The predicted octanol–water partition coefficient (Wildman–Crippen LogP) is 3.73. The lowest BCUT2D eigenvalue weighted by Crippen LogP contribution is -2.47. The van der Waals surface area contributed by atoms with Crippen LogP contribution in [0, 0.1) is 11.3 Å². The van der Waals surface area contributed by atoms with Gasteiger partial charge in [0.1, 0.15) is 17.9 Å². The standard InChI is InChI=1S/C31H33F2N7O3S/c32-30(33)20-38-13-15-39(16-14-38)24-4-1-21(2-5-24)27-18-28-31(37-27)26(7-10-36-28)22-3-6-29(23(17-22)19-34)43-25-8-11-40(12-9-25)44(35,41)42/h1-7,10,17,25,30H,8-9,11-16,18,20H2,(H2,35,41,42). The zero-order valence-electron chi connectivity index (χ0n) is 24.1. The van der Waals surface area contributed by atoms with Gasteiger partial charge in [-0.2, -0.15) is 18.0 Å². The zero-order chi connectivity index (χ0) is 30.8. The highest BCUT2D eigenvalue weighted by Gasteiger charge is 2.28. The second-order valence-electron chi connectivity index (χ2n) is 11.2. The van der Waals surface area contributed by atoms with E-state index in [0.717, 1.165) is 39.5 Å². The Morgan fingerprint density at radius 2 is 1.70 bits per heavy atom. The fourth-order valence-electron chi connectivity index (χ4n) is 6.00. The third kappa shape index (κ3) is 6.58. The lowest BCUT2D eigenvalue weighted by molar-refractivity contribution is 0.0854. The van der Waals surface area contributed by atoms with Crippen molar-refractivity contribution in [3.63, 3.8) is 0 Å². The van der Waals surface area contributed by atoms with Crippen molar-refractivity contribution in [3.8, 4) is 22.9 Å². The Labute approximate surface area is 255 Å². The van der Waals surface area contributed by atoms with Crippen molar-refractivity contribution in [2.75, 3.05) is 50.7 Å². The highest BCUT2D eigenvalue weighted by atomic mass is 32.2. The fourth-order valence-corrected chi connectivity index (χ4v) is 6.72. The molecule has 13 heteroatoms. The minimum atomic E-state index is -3.72. The predicted molar refractivity (Wildman–Crippen MR) is 164 cm³/mol. The van der Waals surface area contributed by atoms with Crippen LogP contribution in [0.25, 0.3) is 11.1 Å². The molecule has 0 atom stereocenters. The summed E-state index contributed by atoms with van der Waals surface area (Å²) in [5.74, 6) is 0.454. The van der Waals surface area contributed by atoms with Crippen molar-refractivity contribution in [2.24, 2.45) is 10.1 Å². The number of aliphatic imine (C=N–C) groups is 1. The molecule has 0 bridgehead atoms. The molecule has 1 aromatic heterocycles. The van der Waals surface area contributed by atoms with E-state index in [2.05, 4.69) is 28.1 Å². The average Bonchev–Trinajstić information content (AvgIpc) is 3.46. The number of piperidine rings is 1. The van der Waals surface area contributed by atoms with E-state index in [1.54, 1.807) is 23.2 Å². The summed E-state index contributed by atoms with van der Waals surface area (Å²) in [7, 11) is -3.72. The molecule has 0 aliphatic carbocycles. The number of ether oxygens (including phenoxy) is 1. The summed E-state index contributed by atoms with van der Waals surface area (Å²) in [5.41, 5.74) is 6.66. The van der Waals surface area contributed by atoms with Crippen molar-refractivity contribution in [1.29, 1.82) is 5.26 Å². The summed E-state index contributed by atoms with van der Waals surface area (Å²) in [4.78, 5) is 13.5. The monoisotopic (exact) mass is 621 g/mol. The van der Waals surface area contributed by atoms with Crippen LogP contribution in [-0.4, -0.2) is 86.7 Å². The first-order valence-electron chi connectivity index (χ1n) is 14.6. The van der Waals surface area contributed by atoms with Crippen LogP contribution in [0.1, 0.15) is 29.7 Å². The highest BCUT2D eigenvalue weighted by molar-refractivity contribution is 7.86. The van der Waals surface area contributed by atoms with E-state index in [9.17, 15) is 22.5 Å². The molecule has 44 heavy (non-hydrogen) atoms. The van der Waals surface area contributed by atoms with Crippen molar-refractivity contribution in [3.05, 3.63) is 71.5 Å². The second kappa shape index (κ2) is 12.6. The third-order valence-electron chi connectivity index (χ3n) is 8.38. The number of rotatable bonds is 8. The highest BCUT2D eigenvalue weighted by Crippen LogP contribution is 2.39. The maximum absolute atomic E-state index is 12.7. The van der Waals surface area contributed by atoms with Crippen LogP contribution < -0.4 is 14.8 Å². The molecule has 2 N–H and O–H groups in total. The zero-order valence-corrected chi connectivity index (χ0v) is 24.9. The molecule has 3 aliphatic rings. The normalized spacial score (nSPS) is 18.2. The molecule has 4 heterocycles. The smallest absolute Gasteiger partial charge is 0.276 e.